The van der Waals surface area contributed by atoms with Gasteiger partial charge in [0.15, 0.2) is 11.6 Å². The number of rotatable bonds is 3. The molecule has 4 heteroatoms. The standard InChI is InChI=1S/C20H24O3S/c1-19-11-9-18(21)16(14-24-15-6-3-2-4-7-15)17(19)8-5-10-20(19)22-12-13-23-20/h2-4,6-7H,5,8-14H2,1H3/t19-/m1/s1. The van der Waals surface area contributed by atoms with Gasteiger partial charge in [-0.2, -0.15) is 0 Å². The van der Waals surface area contributed by atoms with Crippen LogP contribution in [0, 0.1) is 5.41 Å². The lowest BCUT2D eigenvalue weighted by Crippen LogP contribution is -2.53. The van der Waals surface area contributed by atoms with Crippen molar-refractivity contribution in [2.45, 2.75) is 49.7 Å². The number of carbonyl (C=O) groups is 1. The fraction of sp³-hybridized carbons (Fsp3) is 0.550. The molecule has 1 aromatic carbocycles. The van der Waals surface area contributed by atoms with Crippen molar-refractivity contribution in [2.24, 2.45) is 5.41 Å². The molecular formula is C20H24O3S. The number of benzene rings is 1. The summed E-state index contributed by atoms with van der Waals surface area (Å²) in [6.45, 7) is 3.60. The van der Waals surface area contributed by atoms with Gasteiger partial charge in [-0.15, -0.1) is 11.8 Å². The van der Waals surface area contributed by atoms with Crippen molar-refractivity contribution in [1.82, 2.24) is 0 Å². The van der Waals surface area contributed by atoms with E-state index < -0.39 is 5.79 Å². The van der Waals surface area contributed by atoms with Crippen LogP contribution in [0.4, 0.5) is 0 Å². The zero-order chi connectivity index (χ0) is 16.6. The van der Waals surface area contributed by atoms with E-state index in [9.17, 15) is 4.79 Å². The number of ether oxygens (including phenoxy) is 2. The van der Waals surface area contributed by atoms with Crippen molar-refractivity contribution in [3.05, 3.63) is 41.5 Å². The summed E-state index contributed by atoms with van der Waals surface area (Å²) in [5, 5.41) is 0. The lowest BCUT2D eigenvalue weighted by atomic mass is 9.60. The second-order valence-corrected chi connectivity index (χ2v) is 8.17. The number of carbonyl (C=O) groups excluding carboxylic acids is 1. The summed E-state index contributed by atoms with van der Waals surface area (Å²) in [5.74, 6) is 0.578. The highest BCUT2D eigenvalue weighted by Gasteiger charge is 2.58. The third-order valence-electron chi connectivity index (χ3n) is 5.87. The second-order valence-electron chi connectivity index (χ2n) is 7.12. The quantitative estimate of drug-likeness (QED) is 0.763. The molecule has 1 saturated heterocycles. The third-order valence-corrected chi connectivity index (χ3v) is 6.91. The maximum absolute atomic E-state index is 12.7. The zero-order valence-electron chi connectivity index (χ0n) is 14.2. The molecule has 4 rings (SSSR count). The van der Waals surface area contributed by atoms with Crippen LogP contribution in [0.3, 0.4) is 0 Å². The molecule has 1 heterocycles. The molecule has 3 aliphatic rings. The van der Waals surface area contributed by atoms with Gasteiger partial charge >= 0.3 is 0 Å². The molecule has 1 aliphatic heterocycles. The molecule has 3 nitrogen and oxygen atoms in total. The first-order valence-electron chi connectivity index (χ1n) is 8.86. The van der Waals surface area contributed by atoms with Crippen molar-refractivity contribution >= 4 is 17.5 Å². The lowest BCUT2D eigenvalue weighted by Gasteiger charge is -2.52. The first-order chi connectivity index (χ1) is 11.6. The SMILES string of the molecule is C[C@@]12CCC(=O)C(CSc3ccccc3)=C1CCCC21OCCO1. The van der Waals surface area contributed by atoms with Gasteiger partial charge in [0.2, 0.25) is 0 Å². The number of fused-ring (bicyclic) bond motifs is 2. The summed E-state index contributed by atoms with van der Waals surface area (Å²) in [5.41, 5.74) is 2.17. The molecule has 1 aromatic rings. The molecular weight excluding hydrogens is 320 g/mol. The fourth-order valence-electron chi connectivity index (χ4n) is 4.54. The minimum absolute atomic E-state index is 0.151. The Kier molecular flexibility index (Phi) is 4.31. The van der Waals surface area contributed by atoms with Gasteiger partial charge < -0.3 is 9.47 Å². The minimum Gasteiger partial charge on any atom is -0.347 e. The van der Waals surface area contributed by atoms with Crippen molar-refractivity contribution < 1.29 is 14.3 Å². The van der Waals surface area contributed by atoms with E-state index in [0.29, 0.717) is 25.4 Å². The van der Waals surface area contributed by atoms with Crippen molar-refractivity contribution in [3.63, 3.8) is 0 Å². The fourth-order valence-corrected chi connectivity index (χ4v) is 5.54. The van der Waals surface area contributed by atoms with Crippen LogP contribution in [0.5, 0.6) is 0 Å². The molecule has 128 valence electrons. The van der Waals surface area contributed by atoms with Gasteiger partial charge in [-0.3, -0.25) is 4.79 Å². The number of Topliss-reactive ketones (excluding diaryl/α,β-unsaturated/α-hetero) is 1. The van der Waals surface area contributed by atoms with Gasteiger partial charge in [-0.25, -0.2) is 0 Å². The van der Waals surface area contributed by atoms with Gasteiger partial charge in [-0.1, -0.05) is 30.7 Å². The highest BCUT2D eigenvalue weighted by atomic mass is 32.2. The van der Waals surface area contributed by atoms with E-state index in [-0.39, 0.29) is 5.41 Å². The zero-order valence-corrected chi connectivity index (χ0v) is 15.0. The number of thioether (sulfide) groups is 1. The lowest BCUT2D eigenvalue weighted by molar-refractivity contribution is -0.237. The van der Waals surface area contributed by atoms with Crippen molar-refractivity contribution in [2.75, 3.05) is 19.0 Å². The van der Waals surface area contributed by atoms with E-state index in [1.165, 1.54) is 10.5 Å². The van der Waals surface area contributed by atoms with E-state index in [4.69, 9.17) is 9.47 Å². The van der Waals surface area contributed by atoms with Crippen molar-refractivity contribution in [3.8, 4) is 0 Å². The van der Waals surface area contributed by atoms with Crippen LogP contribution in [0.15, 0.2) is 46.4 Å². The molecule has 1 saturated carbocycles. The minimum atomic E-state index is -0.496. The van der Waals surface area contributed by atoms with Gasteiger partial charge in [-0.05, 0) is 31.4 Å². The number of hydrogen-bond donors (Lipinski definition) is 0. The highest BCUT2D eigenvalue weighted by Crippen LogP contribution is 2.57. The summed E-state index contributed by atoms with van der Waals surface area (Å²) in [7, 11) is 0. The van der Waals surface area contributed by atoms with Crippen LogP contribution in [0.25, 0.3) is 0 Å². The Hall–Kier alpha value is -1.10. The van der Waals surface area contributed by atoms with Crippen LogP contribution in [0.1, 0.15) is 39.0 Å². The van der Waals surface area contributed by atoms with Crippen molar-refractivity contribution in [1.29, 1.82) is 0 Å². The summed E-state index contributed by atoms with van der Waals surface area (Å²) in [6, 6.07) is 10.3. The Balaban J connectivity index is 1.66. The largest absolute Gasteiger partial charge is 0.347 e. The molecule has 0 bridgehead atoms. The molecule has 0 unspecified atom stereocenters. The average Bonchev–Trinajstić information content (AvgIpc) is 3.07. The molecule has 0 radical (unpaired) electrons. The first-order valence-corrected chi connectivity index (χ1v) is 9.85. The summed E-state index contributed by atoms with van der Waals surface area (Å²) < 4.78 is 12.3. The summed E-state index contributed by atoms with van der Waals surface area (Å²) in [6.07, 6.45) is 4.44. The molecule has 0 N–H and O–H groups in total. The summed E-state index contributed by atoms with van der Waals surface area (Å²) in [4.78, 5) is 13.9. The molecule has 1 atom stereocenters. The highest BCUT2D eigenvalue weighted by molar-refractivity contribution is 7.99. The Bertz CT molecular complexity index is 661. The maximum Gasteiger partial charge on any atom is 0.177 e. The third kappa shape index (κ3) is 2.56. The van der Waals surface area contributed by atoms with E-state index in [1.807, 2.05) is 18.2 Å². The van der Waals surface area contributed by atoms with Crippen LogP contribution in [-0.4, -0.2) is 30.5 Å². The van der Waals surface area contributed by atoms with Crippen LogP contribution in [0.2, 0.25) is 0 Å². The van der Waals surface area contributed by atoms with Crippen LogP contribution < -0.4 is 0 Å². The predicted molar refractivity (Wildman–Crippen MR) is 95.0 cm³/mol. The van der Waals surface area contributed by atoms with Crippen LogP contribution >= 0.6 is 11.8 Å². The van der Waals surface area contributed by atoms with E-state index >= 15 is 0 Å². The first kappa shape index (κ1) is 16.4. The van der Waals surface area contributed by atoms with E-state index in [1.54, 1.807) is 11.8 Å². The second kappa shape index (κ2) is 6.32. The van der Waals surface area contributed by atoms with Gasteiger partial charge in [0, 0.05) is 34.5 Å². The molecule has 24 heavy (non-hydrogen) atoms. The smallest absolute Gasteiger partial charge is 0.177 e. The Labute approximate surface area is 147 Å². The Morgan fingerprint density at radius 3 is 2.58 bits per heavy atom. The Morgan fingerprint density at radius 2 is 1.83 bits per heavy atom. The summed E-state index contributed by atoms with van der Waals surface area (Å²) >= 11 is 1.76. The normalized spacial score (nSPS) is 29.1. The molecule has 1 spiro atoms. The van der Waals surface area contributed by atoms with Crippen LogP contribution in [-0.2, 0) is 14.3 Å². The van der Waals surface area contributed by atoms with Gasteiger partial charge in [0.1, 0.15) is 0 Å². The topological polar surface area (TPSA) is 35.5 Å². The van der Waals surface area contributed by atoms with Gasteiger partial charge in [0.25, 0.3) is 0 Å². The van der Waals surface area contributed by atoms with Gasteiger partial charge in [0.05, 0.1) is 13.2 Å². The molecule has 2 fully saturated rings. The average molecular weight is 344 g/mol. The predicted octanol–water partition coefficient (Wildman–Crippen LogP) is 4.37. The maximum atomic E-state index is 12.7. The molecule has 0 aromatic heterocycles. The van der Waals surface area contributed by atoms with E-state index in [0.717, 1.165) is 37.0 Å². The molecule has 2 aliphatic carbocycles. The molecule has 0 amide bonds. The monoisotopic (exact) mass is 344 g/mol. The number of ketones is 1. The number of hydrogen-bond acceptors (Lipinski definition) is 4. The van der Waals surface area contributed by atoms with E-state index in [2.05, 4.69) is 19.1 Å². The Morgan fingerprint density at radius 1 is 1.08 bits per heavy atom.